The van der Waals surface area contributed by atoms with Crippen LogP contribution in [-0.4, -0.2) is 12.1 Å². The number of benzene rings is 1. The summed E-state index contributed by atoms with van der Waals surface area (Å²) in [5.74, 6) is 1.14. The first-order chi connectivity index (χ1) is 17.1. The van der Waals surface area contributed by atoms with Crippen LogP contribution in [0.3, 0.4) is 0 Å². The Morgan fingerprint density at radius 3 is 2.69 bits per heavy atom. The molecular formula is C33H47FN2. The van der Waals surface area contributed by atoms with Crippen LogP contribution in [0.2, 0.25) is 0 Å². The first-order valence-corrected chi connectivity index (χ1v) is 13.8. The van der Waals surface area contributed by atoms with Crippen molar-refractivity contribution >= 4 is 11.8 Å². The monoisotopic (exact) mass is 490 g/mol. The van der Waals surface area contributed by atoms with Gasteiger partial charge in [0.15, 0.2) is 0 Å². The van der Waals surface area contributed by atoms with Gasteiger partial charge < -0.3 is 11.1 Å². The van der Waals surface area contributed by atoms with Gasteiger partial charge in [-0.05, 0) is 112 Å². The Balaban J connectivity index is 1.68. The van der Waals surface area contributed by atoms with Gasteiger partial charge in [0.2, 0.25) is 0 Å². The van der Waals surface area contributed by atoms with Crippen molar-refractivity contribution in [2.24, 2.45) is 17.8 Å². The van der Waals surface area contributed by atoms with E-state index in [-0.39, 0.29) is 17.0 Å². The molecule has 1 aromatic carbocycles. The second-order valence-electron chi connectivity index (χ2n) is 11.5. The summed E-state index contributed by atoms with van der Waals surface area (Å²) in [6, 6.07) is 3.44. The third kappa shape index (κ3) is 6.48. The maximum absolute atomic E-state index is 14.4. The molecule has 1 aliphatic carbocycles. The van der Waals surface area contributed by atoms with Crippen molar-refractivity contribution in [1.82, 2.24) is 5.32 Å². The van der Waals surface area contributed by atoms with Crippen LogP contribution in [0.4, 0.5) is 10.1 Å². The fourth-order valence-electron chi connectivity index (χ4n) is 6.10. The highest BCUT2D eigenvalue weighted by atomic mass is 19.1. The highest BCUT2D eigenvalue weighted by molar-refractivity contribution is 5.58. The minimum absolute atomic E-state index is 0.117. The Kier molecular flexibility index (Phi) is 9.58. The van der Waals surface area contributed by atoms with E-state index in [4.69, 9.17) is 5.73 Å². The van der Waals surface area contributed by atoms with Gasteiger partial charge >= 0.3 is 0 Å². The molecule has 4 atom stereocenters. The van der Waals surface area contributed by atoms with E-state index >= 15 is 0 Å². The molecule has 0 amide bonds. The topological polar surface area (TPSA) is 38.0 Å². The van der Waals surface area contributed by atoms with Crippen LogP contribution in [0, 0.1) is 23.6 Å². The smallest absolute Gasteiger partial charge is 0.146 e. The maximum atomic E-state index is 14.4. The van der Waals surface area contributed by atoms with Crippen molar-refractivity contribution in [1.29, 1.82) is 0 Å². The minimum Gasteiger partial charge on any atom is -0.396 e. The molecule has 1 aliphatic heterocycles. The lowest BCUT2D eigenvalue weighted by Gasteiger charge is -2.45. The molecule has 1 aromatic rings. The number of allylic oxidation sites excluding steroid dienone is 7. The van der Waals surface area contributed by atoms with E-state index in [9.17, 15) is 4.39 Å². The maximum Gasteiger partial charge on any atom is 0.146 e. The Morgan fingerprint density at radius 1 is 1.31 bits per heavy atom. The Bertz CT molecular complexity index is 1060. The van der Waals surface area contributed by atoms with Gasteiger partial charge in [0.25, 0.3) is 0 Å². The molecule has 0 spiro atoms. The number of halogens is 1. The summed E-state index contributed by atoms with van der Waals surface area (Å²) in [6.07, 6.45) is 15.8. The highest BCUT2D eigenvalue weighted by Crippen LogP contribution is 2.39. The zero-order valence-corrected chi connectivity index (χ0v) is 23.2. The third-order valence-electron chi connectivity index (χ3n) is 8.77. The molecule has 2 aliphatic rings. The molecule has 4 unspecified atom stereocenters. The lowest BCUT2D eigenvalue weighted by atomic mass is 9.71. The molecule has 3 rings (SSSR count). The van der Waals surface area contributed by atoms with Crippen LogP contribution in [0.15, 0.2) is 65.8 Å². The van der Waals surface area contributed by atoms with Crippen molar-refractivity contribution in [3.05, 3.63) is 82.8 Å². The van der Waals surface area contributed by atoms with Gasteiger partial charge in [-0.15, -0.1) is 0 Å². The predicted octanol–water partition coefficient (Wildman–Crippen LogP) is 8.57. The van der Waals surface area contributed by atoms with Crippen LogP contribution in [0.5, 0.6) is 0 Å². The van der Waals surface area contributed by atoms with Crippen LogP contribution in [-0.2, 0) is 6.42 Å². The molecule has 3 heteroatoms. The van der Waals surface area contributed by atoms with Crippen molar-refractivity contribution in [2.45, 2.75) is 85.1 Å². The highest BCUT2D eigenvalue weighted by Gasteiger charge is 2.37. The van der Waals surface area contributed by atoms with Crippen LogP contribution in [0.25, 0.3) is 6.08 Å². The molecule has 2 nitrogen and oxygen atoms in total. The normalized spacial score (nSPS) is 26.8. The van der Waals surface area contributed by atoms with E-state index in [0.717, 1.165) is 49.8 Å². The third-order valence-corrected chi connectivity index (χ3v) is 8.77. The number of nitrogens with two attached hydrogens (primary N) is 1. The average molecular weight is 491 g/mol. The van der Waals surface area contributed by atoms with Crippen molar-refractivity contribution in [3.63, 3.8) is 0 Å². The fourth-order valence-corrected chi connectivity index (χ4v) is 6.10. The Morgan fingerprint density at radius 2 is 2.06 bits per heavy atom. The van der Waals surface area contributed by atoms with Crippen molar-refractivity contribution < 1.29 is 4.39 Å². The summed E-state index contributed by atoms with van der Waals surface area (Å²) in [7, 11) is 0. The van der Waals surface area contributed by atoms with Crippen molar-refractivity contribution in [2.75, 3.05) is 12.3 Å². The van der Waals surface area contributed by atoms with Gasteiger partial charge in [0.05, 0.1) is 5.69 Å². The lowest BCUT2D eigenvalue weighted by Crippen LogP contribution is -2.55. The Labute approximate surface area is 219 Å². The van der Waals surface area contributed by atoms with E-state index in [1.54, 1.807) is 6.08 Å². The van der Waals surface area contributed by atoms with Gasteiger partial charge in [-0.3, -0.25) is 0 Å². The average Bonchev–Trinajstić information content (AvgIpc) is 2.84. The largest absolute Gasteiger partial charge is 0.396 e. The second-order valence-corrected chi connectivity index (χ2v) is 11.5. The SMILES string of the molecule is C=Cc1cc(F)c(N)c(CC2(C)NCC(CC/C(C(=C)C3CC=CC=C3C)=C(/C)CCC)CC2C)c1. The van der Waals surface area contributed by atoms with E-state index in [1.807, 2.05) is 6.07 Å². The predicted molar refractivity (Wildman–Crippen MR) is 155 cm³/mol. The second kappa shape index (κ2) is 12.2. The molecular weight excluding hydrogens is 443 g/mol. The molecule has 0 aromatic heterocycles. The molecule has 0 saturated carbocycles. The van der Waals surface area contributed by atoms with Crippen molar-refractivity contribution in [3.8, 4) is 0 Å². The lowest BCUT2D eigenvalue weighted by molar-refractivity contribution is 0.141. The van der Waals surface area contributed by atoms with E-state index in [2.05, 4.69) is 71.3 Å². The van der Waals surface area contributed by atoms with Gasteiger partial charge in [0, 0.05) is 11.5 Å². The van der Waals surface area contributed by atoms with Crippen LogP contribution in [0.1, 0.15) is 84.3 Å². The summed E-state index contributed by atoms with van der Waals surface area (Å²) < 4.78 is 14.4. The minimum atomic E-state index is -0.354. The van der Waals surface area contributed by atoms with Gasteiger partial charge in [-0.1, -0.05) is 68.9 Å². The van der Waals surface area contributed by atoms with Gasteiger partial charge in [0.1, 0.15) is 5.82 Å². The first kappa shape index (κ1) is 28.2. The quantitative estimate of drug-likeness (QED) is 0.255. The molecule has 0 radical (unpaired) electrons. The standard InChI is InChI=1S/C33H47FN2/c1-8-12-22(3)30(25(6)29-14-11-10-13-23(29)4)16-15-27-17-24(5)33(7,36-21-27)20-28-18-26(9-2)19-31(34)32(28)35/h9-11,13,18-19,24,27,29,36H,2,6,8,12,14-17,20-21,35H2,1,3-5,7H3/b30-22+. The summed E-state index contributed by atoms with van der Waals surface area (Å²) >= 11 is 0. The van der Waals surface area contributed by atoms with Crippen LogP contribution < -0.4 is 11.1 Å². The van der Waals surface area contributed by atoms with E-state index < -0.39 is 0 Å². The summed E-state index contributed by atoms with van der Waals surface area (Å²) in [4.78, 5) is 0. The molecule has 1 saturated heterocycles. The summed E-state index contributed by atoms with van der Waals surface area (Å²) in [5, 5.41) is 3.85. The van der Waals surface area contributed by atoms with Crippen LogP contribution >= 0.6 is 0 Å². The zero-order chi connectivity index (χ0) is 26.5. The Hall–Kier alpha value is -2.39. The number of anilines is 1. The number of nitrogen functional groups attached to an aromatic ring is 1. The number of rotatable bonds is 10. The number of hydrogen-bond donors (Lipinski definition) is 2. The molecule has 1 heterocycles. The van der Waals surface area contributed by atoms with Gasteiger partial charge in [-0.2, -0.15) is 0 Å². The summed E-state index contributed by atoms with van der Waals surface area (Å²) in [5.41, 5.74) is 13.7. The van der Waals surface area contributed by atoms with Gasteiger partial charge in [-0.25, -0.2) is 4.39 Å². The molecule has 1 fully saturated rings. The summed E-state index contributed by atoms with van der Waals surface area (Å²) in [6.45, 7) is 20.8. The fraction of sp³-hybridized carbons (Fsp3) is 0.515. The number of hydrogen-bond acceptors (Lipinski definition) is 2. The van der Waals surface area contributed by atoms with E-state index in [1.165, 1.54) is 34.8 Å². The number of nitrogens with one attached hydrogen (secondary N) is 1. The molecule has 196 valence electrons. The molecule has 36 heavy (non-hydrogen) atoms. The molecule has 0 bridgehead atoms. The number of piperidine rings is 1. The van der Waals surface area contributed by atoms with E-state index in [0.29, 0.717) is 24.2 Å². The molecule has 3 N–H and O–H groups in total. The first-order valence-electron chi connectivity index (χ1n) is 13.8. The zero-order valence-electron chi connectivity index (χ0n) is 23.2.